The van der Waals surface area contributed by atoms with Crippen LogP contribution in [0.5, 0.6) is 0 Å². The van der Waals surface area contributed by atoms with Crippen molar-refractivity contribution in [2.24, 2.45) is 11.7 Å². The van der Waals surface area contributed by atoms with Crippen LogP contribution >= 0.6 is 0 Å². The Balaban J connectivity index is 1.55. The van der Waals surface area contributed by atoms with E-state index >= 15 is 0 Å². The Hall–Kier alpha value is -1.44. The van der Waals surface area contributed by atoms with Crippen LogP contribution in [0.4, 0.5) is 0 Å². The van der Waals surface area contributed by atoms with E-state index in [0.717, 1.165) is 44.3 Å². The number of aryl methyl sites for hydroxylation is 1. The molecule has 0 aliphatic carbocycles. The number of rotatable bonds is 6. The Labute approximate surface area is 156 Å². The van der Waals surface area contributed by atoms with Gasteiger partial charge in [-0.25, -0.2) is 8.42 Å². The first kappa shape index (κ1) is 19.3. The van der Waals surface area contributed by atoms with E-state index in [1.807, 2.05) is 17.0 Å². The van der Waals surface area contributed by atoms with Gasteiger partial charge in [0, 0.05) is 32.6 Å². The highest BCUT2D eigenvalue weighted by Gasteiger charge is 2.26. The lowest BCUT2D eigenvalue weighted by Gasteiger charge is -2.25. The molecule has 1 amide bonds. The predicted octanol–water partition coefficient (Wildman–Crippen LogP) is 1.60. The number of sulfonamides is 1. The number of piperidine rings is 1. The van der Waals surface area contributed by atoms with Crippen LogP contribution in [-0.4, -0.2) is 56.3 Å². The molecule has 0 aromatic heterocycles. The maximum absolute atomic E-state index is 12.7. The molecule has 26 heavy (non-hydrogen) atoms. The average molecular weight is 380 g/mol. The number of nitrogens with two attached hydrogens (primary N) is 1. The first-order chi connectivity index (χ1) is 12.5. The monoisotopic (exact) mass is 379 g/mol. The molecule has 1 aromatic rings. The van der Waals surface area contributed by atoms with Gasteiger partial charge in [0.15, 0.2) is 0 Å². The summed E-state index contributed by atoms with van der Waals surface area (Å²) in [6.07, 6.45) is 5.04. The zero-order chi connectivity index (χ0) is 18.6. The molecule has 2 heterocycles. The molecular formula is C19H29N3O3S. The Bertz CT molecular complexity index is 712. The van der Waals surface area contributed by atoms with E-state index in [0.29, 0.717) is 43.3 Å². The first-order valence-electron chi connectivity index (χ1n) is 9.57. The van der Waals surface area contributed by atoms with Gasteiger partial charge in [-0.15, -0.1) is 0 Å². The minimum absolute atomic E-state index is 0.158. The van der Waals surface area contributed by atoms with E-state index in [9.17, 15) is 13.2 Å². The van der Waals surface area contributed by atoms with E-state index in [2.05, 4.69) is 0 Å². The summed E-state index contributed by atoms with van der Waals surface area (Å²) in [6, 6.07) is 7.00. The Morgan fingerprint density at radius 1 is 1.08 bits per heavy atom. The molecule has 1 atom stereocenters. The van der Waals surface area contributed by atoms with Crippen molar-refractivity contribution in [3.63, 3.8) is 0 Å². The van der Waals surface area contributed by atoms with Gasteiger partial charge in [0.2, 0.25) is 15.9 Å². The van der Waals surface area contributed by atoms with Gasteiger partial charge in [-0.2, -0.15) is 4.31 Å². The van der Waals surface area contributed by atoms with Gasteiger partial charge in [-0.05, 0) is 55.8 Å². The van der Waals surface area contributed by atoms with Gasteiger partial charge in [-0.1, -0.05) is 18.6 Å². The third-order valence-corrected chi connectivity index (χ3v) is 7.39. The summed E-state index contributed by atoms with van der Waals surface area (Å²) in [5.74, 6) is 0.587. The number of hydrogen-bond acceptors (Lipinski definition) is 4. The molecular weight excluding hydrogens is 350 g/mol. The van der Waals surface area contributed by atoms with E-state index in [1.165, 1.54) is 0 Å². The molecule has 2 aliphatic rings. The summed E-state index contributed by atoms with van der Waals surface area (Å²) in [5.41, 5.74) is 6.66. The van der Waals surface area contributed by atoms with E-state index in [4.69, 9.17) is 5.73 Å². The third-order valence-electron chi connectivity index (χ3n) is 5.48. The van der Waals surface area contributed by atoms with Crippen LogP contribution in [0.2, 0.25) is 0 Å². The minimum Gasteiger partial charge on any atom is -0.342 e. The van der Waals surface area contributed by atoms with E-state index in [1.54, 1.807) is 16.4 Å². The fourth-order valence-electron chi connectivity index (χ4n) is 3.74. The zero-order valence-electron chi connectivity index (χ0n) is 15.3. The zero-order valence-corrected chi connectivity index (χ0v) is 16.1. The summed E-state index contributed by atoms with van der Waals surface area (Å²) in [6.45, 7) is 3.42. The highest BCUT2D eigenvalue weighted by molar-refractivity contribution is 7.89. The quantitative estimate of drug-likeness (QED) is 0.814. The molecule has 0 spiro atoms. The summed E-state index contributed by atoms with van der Waals surface area (Å²) < 4.78 is 26.9. The topological polar surface area (TPSA) is 83.7 Å². The average Bonchev–Trinajstić information content (AvgIpc) is 3.16. The number of carbonyl (C=O) groups is 1. The van der Waals surface area contributed by atoms with Crippen molar-refractivity contribution in [3.8, 4) is 0 Å². The summed E-state index contributed by atoms with van der Waals surface area (Å²) in [5, 5.41) is 0. The van der Waals surface area contributed by atoms with Crippen LogP contribution in [0.25, 0.3) is 0 Å². The fourth-order valence-corrected chi connectivity index (χ4v) is 5.26. The summed E-state index contributed by atoms with van der Waals surface area (Å²) >= 11 is 0. The largest absolute Gasteiger partial charge is 0.342 e. The second kappa shape index (κ2) is 8.50. The number of nitrogens with zero attached hydrogens (tertiary/aromatic N) is 2. The molecule has 7 heteroatoms. The van der Waals surface area contributed by atoms with Crippen molar-refractivity contribution in [2.45, 2.75) is 43.4 Å². The van der Waals surface area contributed by atoms with Gasteiger partial charge in [0.25, 0.3) is 0 Å². The van der Waals surface area contributed by atoms with Gasteiger partial charge in [0.1, 0.15) is 0 Å². The van der Waals surface area contributed by atoms with Gasteiger partial charge >= 0.3 is 0 Å². The molecule has 6 nitrogen and oxygen atoms in total. The Morgan fingerprint density at radius 3 is 2.38 bits per heavy atom. The van der Waals surface area contributed by atoms with Crippen molar-refractivity contribution >= 4 is 15.9 Å². The van der Waals surface area contributed by atoms with Crippen LogP contribution < -0.4 is 5.73 Å². The van der Waals surface area contributed by atoms with Crippen LogP contribution in [0.3, 0.4) is 0 Å². The van der Waals surface area contributed by atoms with Crippen molar-refractivity contribution in [3.05, 3.63) is 29.8 Å². The smallest absolute Gasteiger partial charge is 0.243 e. The Kier molecular flexibility index (Phi) is 6.32. The first-order valence-corrected chi connectivity index (χ1v) is 11.0. The normalized spacial score (nSPS) is 21.9. The number of carbonyl (C=O) groups excluding carboxylic acids is 1. The number of hydrogen-bond donors (Lipinski definition) is 1. The van der Waals surface area contributed by atoms with E-state index < -0.39 is 10.0 Å². The van der Waals surface area contributed by atoms with Crippen molar-refractivity contribution < 1.29 is 13.2 Å². The molecule has 144 valence electrons. The molecule has 2 N–H and O–H groups in total. The van der Waals surface area contributed by atoms with E-state index in [-0.39, 0.29) is 5.91 Å². The molecule has 2 fully saturated rings. The highest BCUT2D eigenvalue weighted by atomic mass is 32.2. The van der Waals surface area contributed by atoms with Gasteiger partial charge in [-0.3, -0.25) is 4.79 Å². The highest BCUT2D eigenvalue weighted by Crippen LogP contribution is 2.21. The lowest BCUT2D eigenvalue weighted by atomic mass is 10.1. The minimum atomic E-state index is -3.39. The molecule has 2 aliphatic heterocycles. The molecule has 2 saturated heterocycles. The maximum Gasteiger partial charge on any atom is 0.243 e. The second-order valence-corrected chi connectivity index (χ2v) is 9.28. The van der Waals surface area contributed by atoms with Crippen LogP contribution in [0.1, 0.15) is 37.7 Å². The lowest BCUT2D eigenvalue weighted by molar-refractivity contribution is -0.130. The van der Waals surface area contributed by atoms with Crippen LogP contribution in [0, 0.1) is 5.92 Å². The Morgan fingerprint density at radius 2 is 1.77 bits per heavy atom. The predicted molar refractivity (Wildman–Crippen MR) is 101 cm³/mol. The standard InChI is InChI=1S/C19H29N3O3S/c20-14-17-10-13-21(15-17)19(23)9-6-16-4-7-18(8-5-16)26(24,25)22-11-2-1-3-12-22/h4-5,7-8,17H,1-3,6,9-15,20H2. The molecule has 3 rings (SSSR count). The molecule has 0 bridgehead atoms. The fraction of sp³-hybridized carbons (Fsp3) is 0.632. The molecule has 0 saturated carbocycles. The molecule has 0 radical (unpaired) electrons. The van der Waals surface area contributed by atoms with Crippen molar-refractivity contribution in [1.29, 1.82) is 0 Å². The third kappa shape index (κ3) is 4.45. The van der Waals surface area contributed by atoms with Gasteiger partial charge < -0.3 is 10.6 Å². The lowest BCUT2D eigenvalue weighted by Crippen LogP contribution is -2.35. The van der Waals surface area contributed by atoms with Crippen molar-refractivity contribution in [2.75, 3.05) is 32.7 Å². The number of likely N-dealkylation sites (tertiary alicyclic amines) is 1. The SMILES string of the molecule is NCC1CCN(C(=O)CCc2ccc(S(=O)(=O)N3CCCCC3)cc2)C1. The number of amides is 1. The van der Waals surface area contributed by atoms with Gasteiger partial charge in [0.05, 0.1) is 4.90 Å². The van der Waals surface area contributed by atoms with Crippen molar-refractivity contribution in [1.82, 2.24) is 9.21 Å². The summed E-state index contributed by atoms with van der Waals surface area (Å²) in [4.78, 5) is 14.5. The summed E-state index contributed by atoms with van der Waals surface area (Å²) in [7, 11) is -3.39. The van der Waals surface area contributed by atoms with Crippen LogP contribution in [0.15, 0.2) is 29.2 Å². The number of benzene rings is 1. The maximum atomic E-state index is 12.7. The molecule has 1 unspecified atom stereocenters. The molecule has 1 aromatic carbocycles. The second-order valence-electron chi connectivity index (χ2n) is 7.34. The van der Waals surface area contributed by atoms with Crippen LogP contribution in [-0.2, 0) is 21.2 Å².